The highest BCUT2D eigenvalue weighted by atomic mass is 16.7. The lowest BCUT2D eigenvalue weighted by Crippen LogP contribution is -2.31. The van der Waals surface area contributed by atoms with E-state index in [2.05, 4.69) is 4.74 Å². The normalized spacial score (nSPS) is 31.7. The average molecular weight is 370 g/mol. The molecular formula is C20H34O6. The summed E-state index contributed by atoms with van der Waals surface area (Å²) in [5.41, 5.74) is 0. The first kappa shape index (κ1) is 21.3. The Morgan fingerprint density at radius 2 is 2.00 bits per heavy atom. The van der Waals surface area contributed by atoms with E-state index in [0.717, 1.165) is 64.3 Å². The van der Waals surface area contributed by atoms with Crippen LogP contribution in [0.1, 0.15) is 70.6 Å². The molecule has 26 heavy (non-hydrogen) atoms. The number of rotatable bonds is 11. The first-order valence-corrected chi connectivity index (χ1v) is 10.1. The molecule has 150 valence electrons. The standard InChI is InChI=1S/C20H34O6/c1-24-19(23)9-5-3-2-4-8-15-16(11-12-21)18(14-17(15)22)26-20-10-6-7-13-25-20/h12,15-18,20,22H,2-11,13-14H2,1H3/t15-,16-,17+,18-,20?/m1/s1. The van der Waals surface area contributed by atoms with Crippen molar-refractivity contribution < 1.29 is 28.9 Å². The number of carbonyl (C=O) groups excluding carboxylic acids is 2. The van der Waals surface area contributed by atoms with Crippen molar-refractivity contribution in [1.29, 1.82) is 0 Å². The van der Waals surface area contributed by atoms with Gasteiger partial charge in [-0.25, -0.2) is 0 Å². The van der Waals surface area contributed by atoms with Gasteiger partial charge >= 0.3 is 5.97 Å². The largest absolute Gasteiger partial charge is 0.469 e. The second-order valence-corrected chi connectivity index (χ2v) is 7.53. The van der Waals surface area contributed by atoms with Crippen LogP contribution in [-0.2, 0) is 23.8 Å². The minimum Gasteiger partial charge on any atom is -0.469 e. The average Bonchev–Trinajstić information content (AvgIpc) is 2.93. The third kappa shape index (κ3) is 6.63. The topological polar surface area (TPSA) is 82.1 Å². The van der Waals surface area contributed by atoms with Crippen LogP contribution in [0.3, 0.4) is 0 Å². The van der Waals surface area contributed by atoms with Crippen LogP contribution in [0.2, 0.25) is 0 Å². The van der Waals surface area contributed by atoms with Crippen molar-refractivity contribution in [2.75, 3.05) is 13.7 Å². The summed E-state index contributed by atoms with van der Waals surface area (Å²) in [4.78, 5) is 22.2. The van der Waals surface area contributed by atoms with Crippen LogP contribution in [0.5, 0.6) is 0 Å². The number of carbonyl (C=O) groups is 2. The molecule has 1 unspecified atom stereocenters. The summed E-state index contributed by atoms with van der Waals surface area (Å²) in [6.07, 6.45) is 9.53. The van der Waals surface area contributed by atoms with E-state index in [4.69, 9.17) is 9.47 Å². The quantitative estimate of drug-likeness (QED) is 0.342. The van der Waals surface area contributed by atoms with Gasteiger partial charge in [-0.2, -0.15) is 0 Å². The van der Waals surface area contributed by atoms with Gasteiger partial charge in [0.25, 0.3) is 0 Å². The van der Waals surface area contributed by atoms with Gasteiger partial charge in [0.15, 0.2) is 6.29 Å². The molecule has 0 aromatic heterocycles. The van der Waals surface area contributed by atoms with Crippen LogP contribution in [0, 0.1) is 11.8 Å². The summed E-state index contributed by atoms with van der Waals surface area (Å²) in [5, 5.41) is 10.5. The Labute approximate surface area is 156 Å². The summed E-state index contributed by atoms with van der Waals surface area (Å²) < 4.78 is 16.4. The van der Waals surface area contributed by atoms with E-state index < -0.39 is 6.10 Å². The maximum atomic E-state index is 11.1. The van der Waals surface area contributed by atoms with Gasteiger partial charge in [-0.3, -0.25) is 4.79 Å². The number of hydrogen-bond donors (Lipinski definition) is 1. The zero-order valence-corrected chi connectivity index (χ0v) is 15.9. The van der Waals surface area contributed by atoms with Gasteiger partial charge in [-0.15, -0.1) is 0 Å². The lowest BCUT2D eigenvalue weighted by Gasteiger charge is -2.29. The van der Waals surface area contributed by atoms with E-state index in [1.807, 2.05) is 0 Å². The van der Waals surface area contributed by atoms with Crippen LogP contribution in [0.25, 0.3) is 0 Å². The van der Waals surface area contributed by atoms with Crippen LogP contribution in [-0.4, -0.2) is 49.6 Å². The van der Waals surface area contributed by atoms with Crippen LogP contribution < -0.4 is 0 Å². The number of ether oxygens (including phenoxy) is 3. The fraction of sp³-hybridized carbons (Fsp3) is 0.900. The van der Waals surface area contributed by atoms with E-state index in [9.17, 15) is 14.7 Å². The predicted octanol–water partition coefficient (Wildman–Crippen LogP) is 3.00. The van der Waals surface area contributed by atoms with Crippen molar-refractivity contribution >= 4 is 12.3 Å². The minimum absolute atomic E-state index is 0.0723. The molecular weight excluding hydrogens is 336 g/mol. The molecule has 1 heterocycles. The Balaban J connectivity index is 1.74. The maximum absolute atomic E-state index is 11.1. The number of methoxy groups -OCH3 is 1. The lowest BCUT2D eigenvalue weighted by atomic mass is 9.86. The molecule has 2 aliphatic rings. The smallest absolute Gasteiger partial charge is 0.305 e. The summed E-state index contributed by atoms with van der Waals surface area (Å²) in [6, 6.07) is 0. The third-order valence-corrected chi connectivity index (χ3v) is 5.72. The number of hydrogen-bond acceptors (Lipinski definition) is 6. The number of aliphatic hydroxyl groups is 1. The molecule has 0 aromatic rings. The molecule has 0 bridgehead atoms. The van der Waals surface area contributed by atoms with Crippen molar-refractivity contribution in [2.45, 2.75) is 89.1 Å². The molecule has 0 radical (unpaired) electrons. The highest BCUT2D eigenvalue weighted by Gasteiger charge is 2.43. The molecule has 5 atom stereocenters. The molecule has 0 amide bonds. The Morgan fingerprint density at radius 3 is 2.69 bits per heavy atom. The molecule has 0 spiro atoms. The Hall–Kier alpha value is -0.980. The van der Waals surface area contributed by atoms with Gasteiger partial charge in [-0.05, 0) is 43.9 Å². The highest BCUT2D eigenvalue weighted by Crippen LogP contribution is 2.40. The molecule has 1 saturated heterocycles. The molecule has 1 saturated carbocycles. The molecule has 1 aliphatic heterocycles. The predicted molar refractivity (Wildman–Crippen MR) is 96.5 cm³/mol. The zero-order chi connectivity index (χ0) is 18.8. The van der Waals surface area contributed by atoms with Gasteiger partial charge in [0, 0.05) is 25.9 Å². The number of aliphatic hydroxyl groups excluding tert-OH is 1. The molecule has 2 fully saturated rings. The first-order chi connectivity index (χ1) is 12.7. The summed E-state index contributed by atoms with van der Waals surface area (Å²) in [7, 11) is 1.41. The lowest BCUT2D eigenvalue weighted by molar-refractivity contribution is -0.196. The van der Waals surface area contributed by atoms with Gasteiger partial charge in [-0.1, -0.05) is 19.3 Å². The molecule has 1 aliphatic carbocycles. The fourth-order valence-corrected chi connectivity index (χ4v) is 4.27. The molecule has 6 heteroatoms. The molecule has 0 aromatic carbocycles. The minimum atomic E-state index is -0.413. The molecule has 2 rings (SSSR count). The monoisotopic (exact) mass is 370 g/mol. The first-order valence-electron chi connectivity index (χ1n) is 10.1. The third-order valence-electron chi connectivity index (χ3n) is 5.72. The van der Waals surface area contributed by atoms with Crippen molar-refractivity contribution in [2.24, 2.45) is 11.8 Å². The van der Waals surface area contributed by atoms with Crippen LogP contribution in [0.4, 0.5) is 0 Å². The Kier molecular flexibility index (Phi) is 9.57. The SMILES string of the molecule is COC(=O)CCCCCC[C@@H]1[C@@H](CC=O)[C@H](OC2CCCCO2)C[C@@H]1O. The number of esters is 1. The number of unbranched alkanes of at least 4 members (excludes halogenated alkanes) is 3. The van der Waals surface area contributed by atoms with Crippen molar-refractivity contribution in [3.8, 4) is 0 Å². The maximum Gasteiger partial charge on any atom is 0.305 e. The zero-order valence-electron chi connectivity index (χ0n) is 15.9. The Morgan fingerprint density at radius 1 is 1.19 bits per heavy atom. The highest BCUT2D eigenvalue weighted by molar-refractivity contribution is 5.68. The second kappa shape index (κ2) is 11.7. The van der Waals surface area contributed by atoms with E-state index in [0.29, 0.717) is 19.3 Å². The van der Waals surface area contributed by atoms with Gasteiger partial charge in [0.1, 0.15) is 6.29 Å². The second-order valence-electron chi connectivity index (χ2n) is 7.53. The van der Waals surface area contributed by atoms with Crippen LogP contribution >= 0.6 is 0 Å². The summed E-state index contributed by atoms with van der Waals surface area (Å²) in [5.74, 6) is 0.0182. The van der Waals surface area contributed by atoms with Crippen LogP contribution in [0.15, 0.2) is 0 Å². The molecule has 6 nitrogen and oxygen atoms in total. The Bertz CT molecular complexity index is 421. The van der Waals surface area contributed by atoms with Gasteiger partial charge < -0.3 is 24.1 Å². The number of aldehydes is 1. The van der Waals surface area contributed by atoms with Gasteiger partial charge in [0.2, 0.25) is 0 Å². The molecule has 1 N–H and O–H groups in total. The van der Waals surface area contributed by atoms with E-state index in [-0.39, 0.29) is 30.2 Å². The van der Waals surface area contributed by atoms with Gasteiger partial charge in [0.05, 0.1) is 19.3 Å². The van der Waals surface area contributed by atoms with E-state index in [1.165, 1.54) is 7.11 Å². The van der Waals surface area contributed by atoms with E-state index >= 15 is 0 Å². The fourth-order valence-electron chi connectivity index (χ4n) is 4.27. The van der Waals surface area contributed by atoms with Crippen molar-refractivity contribution in [3.63, 3.8) is 0 Å². The van der Waals surface area contributed by atoms with Crippen molar-refractivity contribution in [1.82, 2.24) is 0 Å². The summed E-state index contributed by atoms with van der Waals surface area (Å²) >= 11 is 0. The van der Waals surface area contributed by atoms with Crippen molar-refractivity contribution in [3.05, 3.63) is 0 Å². The summed E-state index contributed by atoms with van der Waals surface area (Å²) in [6.45, 7) is 0.729. The van der Waals surface area contributed by atoms with E-state index in [1.54, 1.807) is 0 Å².